The van der Waals surface area contributed by atoms with Gasteiger partial charge >= 0.3 is 0 Å². The lowest BCUT2D eigenvalue weighted by molar-refractivity contribution is 0.219. The third-order valence-corrected chi connectivity index (χ3v) is 4.35. The van der Waals surface area contributed by atoms with Crippen LogP contribution in [-0.2, 0) is 0 Å². The summed E-state index contributed by atoms with van der Waals surface area (Å²) < 4.78 is 0. The Bertz CT molecular complexity index is 573. The summed E-state index contributed by atoms with van der Waals surface area (Å²) in [7, 11) is 0. The van der Waals surface area contributed by atoms with Crippen LogP contribution >= 0.6 is 11.8 Å². The minimum atomic E-state index is -0.546. The molecule has 1 N–H and O–H groups in total. The number of aliphatic hydroxyl groups is 1. The van der Waals surface area contributed by atoms with Gasteiger partial charge in [-0.1, -0.05) is 24.3 Å². The molecular weight excluding hydrogens is 252 g/mol. The first-order valence-electron chi connectivity index (χ1n) is 6.42. The summed E-state index contributed by atoms with van der Waals surface area (Å²) in [6, 6.07) is 12.4. The first-order valence-corrected chi connectivity index (χ1v) is 7.65. The van der Waals surface area contributed by atoms with E-state index in [-0.39, 0.29) is 0 Å². The Kier molecular flexibility index (Phi) is 4.33. The Balaban J connectivity index is 2.37. The number of benzene rings is 2. The van der Waals surface area contributed by atoms with Crippen molar-refractivity contribution >= 4 is 11.8 Å². The lowest BCUT2D eigenvalue weighted by Crippen LogP contribution is -2.03. The highest BCUT2D eigenvalue weighted by molar-refractivity contribution is 7.98. The zero-order valence-corrected chi connectivity index (χ0v) is 12.7. The number of aryl methyl sites for hydroxylation is 3. The van der Waals surface area contributed by atoms with Crippen molar-refractivity contribution in [3.05, 3.63) is 64.2 Å². The first-order chi connectivity index (χ1) is 9.02. The second kappa shape index (κ2) is 5.81. The smallest absolute Gasteiger partial charge is 0.104 e. The van der Waals surface area contributed by atoms with Crippen molar-refractivity contribution < 1.29 is 5.11 Å². The van der Waals surface area contributed by atoms with Gasteiger partial charge in [0.2, 0.25) is 0 Å². The lowest BCUT2D eigenvalue weighted by atomic mass is 9.94. The van der Waals surface area contributed by atoms with Gasteiger partial charge in [0, 0.05) is 4.90 Å². The van der Waals surface area contributed by atoms with Crippen LogP contribution in [-0.4, -0.2) is 11.4 Å². The van der Waals surface area contributed by atoms with Gasteiger partial charge < -0.3 is 5.11 Å². The van der Waals surface area contributed by atoms with Crippen LogP contribution in [0, 0.1) is 20.8 Å². The van der Waals surface area contributed by atoms with E-state index in [0.717, 1.165) is 16.7 Å². The average Bonchev–Trinajstić information content (AvgIpc) is 2.42. The number of rotatable bonds is 3. The van der Waals surface area contributed by atoms with Crippen LogP contribution in [0.15, 0.2) is 41.3 Å². The van der Waals surface area contributed by atoms with Crippen LogP contribution in [0.2, 0.25) is 0 Å². The van der Waals surface area contributed by atoms with Gasteiger partial charge in [0.1, 0.15) is 6.10 Å². The fourth-order valence-corrected chi connectivity index (χ4v) is 2.65. The fourth-order valence-electron chi connectivity index (χ4n) is 2.24. The maximum Gasteiger partial charge on any atom is 0.104 e. The summed E-state index contributed by atoms with van der Waals surface area (Å²) >= 11 is 1.71. The maximum absolute atomic E-state index is 10.5. The van der Waals surface area contributed by atoms with Crippen LogP contribution < -0.4 is 0 Å². The Labute approximate surface area is 119 Å². The minimum Gasteiger partial charge on any atom is -0.384 e. The third kappa shape index (κ3) is 3.02. The van der Waals surface area contributed by atoms with Gasteiger partial charge in [0.15, 0.2) is 0 Å². The Morgan fingerprint density at radius 2 is 1.47 bits per heavy atom. The molecule has 100 valence electrons. The molecule has 0 aliphatic rings. The predicted molar refractivity (Wildman–Crippen MR) is 82.9 cm³/mol. The van der Waals surface area contributed by atoms with E-state index in [4.69, 9.17) is 0 Å². The predicted octanol–water partition coefficient (Wildman–Crippen LogP) is 4.42. The monoisotopic (exact) mass is 272 g/mol. The first kappa shape index (κ1) is 14.2. The molecule has 0 aliphatic carbocycles. The molecule has 2 heteroatoms. The molecule has 19 heavy (non-hydrogen) atoms. The molecule has 2 aromatic carbocycles. The average molecular weight is 272 g/mol. The van der Waals surface area contributed by atoms with E-state index in [0.29, 0.717) is 0 Å². The highest BCUT2D eigenvalue weighted by atomic mass is 32.2. The van der Waals surface area contributed by atoms with Gasteiger partial charge in [-0.2, -0.15) is 0 Å². The van der Waals surface area contributed by atoms with Crippen molar-refractivity contribution in [3.8, 4) is 0 Å². The highest BCUT2D eigenvalue weighted by Gasteiger charge is 2.13. The summed E-state index contributed by atoms with van der Waals surface area (Å²) in [6.07, 6.45) is 1.51. The van der Waals surface area contributed by atoms with Crippen molar-refractivity contribution in [2.45, 2.75) is 31.8 Å². The molecule has 0 spiro atoms. The van der Waals surface area contributed by atoms with E-state index < -0.39 is 6.10 Å². The van der Waals surface area contributed by atoms with Crippen molar-refractivity contribution in [1.29, 1.82) is 0 Å². The molecule has 0 aromatic heterocycles. The van der Waals surface area contributed by atoms with Crippen LogP contribution in [0.4, 0.5) is 0 Å². The van der Waals surface area contributed by atoms with Crippen molar-refractivity contribution in [2.75, 3.05) is 6.26 Å². The summed E-state index contributed by atoms with van der Waals surface area (Å²) in [5.74, 6) is 0. The summed E-state index contributed by atoms with van der Waals surface area (Å²) in [4.78, 5) is 1.22. The SMILES string of the molecule is CSc1ccc(C(O)c2cc(C)c(C)cc2C)cc1. The maximum atomic E-state index is 10.5. The largest absolute Gasteiger partial charge is 0.384 e. The molecule has 2 rings (SSSR count). The molecule has 0 saturated carbocycles. The Morgan fingerprint density at radius 3 is 2.05 bits per heavy atom. The van der Waals surface area contributed by atoms with Crippen molar-refractivity contribution in [1.82, 2.24) is 0 Å². The van der Waals surface area contributed by atoms with Gasteiger partial charge in [0.05, 0.1) is 0 Å². The zero-order valence-electron chi connectivity index (χ0n) is 11.9. The van der Waals surface area contributed by atoms with Crippen LogP contribution in [0.25, 0.3) is 0 Å². The molecule has 0 fully saturated rings. The topological polar surface area (TPSA) is 20.2 Å². The molecule has 0 aliphatic heterocycles. The van der Waals surface area contributed by atoms with Gasteiger partial charge in [0.25, 0.3) is 0 Å². The number of hydrogen-bond donors (Lipinski definition) is 1. The quantitative estimate of drug-likeness (QED) is 0.835. The summed E-state index contributed by atoms with van der Waals surface area (Å²) in [6.45, 7) is 6.24. The summed E-state index contributed by atoms with van der Waals surface area (Å²) in [5, 5.41) is 10.5. The van der Waals surface area contributed by atoms with Gasteiger partial charge in [-0.05, 0) is 67.0 Å². The molecular formula is C17H20OS. The third-order valence-electron chi connectivity index (χ3n) is 3.61. The molecule has 1 unspecified atom stereocenters. The van der Waals surface area contributed by atoms with Crippen LogP contribution in [0.3, 0.4) is 0 Å². The second-order valence-electron chi connectivity index (χ2n) is 4.97. The van der Waals surface area contributed by atoms with Crippen LogP contribution in [0.5, 0.6) is 0 Å². The van der Waals surface area contributed by atoms with Gasteiger partial charge in [-0.15, -0.1) is 11.8 Å². The molecule has 0 amide bonds. The second-order valence-corrected chi connectivity index (χ2v) is 5.85. The normalized spacial score (nSPS) is 12.5. The minimum absolute atomic E-state index is 0.546. The molecule has 0 heterocycles. The molecule has 0 radical (unpaired) electrons. The van der Waals surface area contributed by atoms with Gasteiger partial charge in [-0.3, -0.25) is 0 Å². The number of hydrogen-bond acceptors (Lipinski definition) is 2. The Morgan fingerprint density at radius 1 is 0.895 bits per heavy atom. The fraction of sp³-hybridized carbons (Fsp3) is 0.294. The van der Waals surface area contributed by atoms with Crippen molar-refractivity contribution in [3.63, 3.8) is 0 Å². The summed E-state index contributed by atoms with van der Waals surface area (Å²) in [5.41, 5.74) is 5.58. The van der Waals surface area contributed by atoms with Crippen molar-refractivity contribution in [2.24, 2.45) is 0 Å². The molecule has 1 atom stereocenters. The molecule has 1 nitrogen and oxygen atoms in total. The van der Waals surface area contributed by atoms with E-state index in [1.807, 2.05) is 12.1 Å². The van der Waals surface area contributed by atoms with Crippen LogP contribution in [0.1, 0.15) is 33.9 Å². The van der Waals surface area contributed by atoms with E-state index in [2.05, 4.69) is 51.3 Å². The van der Waals surface area contributed by atoms with Gasteiger partial charge in [-0.25, -0.2) is 0 Å². The molecule has 2 aromatic rings. The molecule has 0 bridgehead atoms. The van der Waals surface area contributed by atoms with E-state index in [9.17, 15) is 5.11 Å². The lowest BCUT2D eigenvalue weighted by Gasteiger charge is -2.16. The van der Waals surface area contributed by atoms with E-state index >= 15 is 0 Å². The Hall–Kier alpha value is -1.25. The number of aliphatic hydroxyl groups excluding tert-OH is 1. The molecule has 0 saturated heterocycles. The highest BCUT2D eigenvalue weighted by Crippen LogP contribution is 2.28. The zero-order chi connectivity index (χ0) is 14.0. The number of thioether (sulfide) groups is 1. The standard InChI is InChI=1S/C17H20OS/c1-11-9-13(3)16(10-12(11)2)17(18)14-5-7-15(19-4)8-6-14/h5-10,17-18H,1-4H3. The van der Waals surface area contributed by atoms with E-state index in [1.54, 1.807) is 11.8 Å². The van der Waals surface area contributed by atoms with E-state index in [1.165, 1.54) is 16.0 Å².